The lowest BCUT2D eigenvalue weighted by Crippen LogP contribution is -2.22. The van der Waals surface area contributed by atoms with Crippen LogP contribution >= 0.6 is 0 Å². The number of allylic oxidation sites excluding steroid dienone is 1. The van der Waals surface area contributed by atoms with Crippen LogP contribution in [0.5, 0.6) is 5.75 Å². The molecule has 1 aromatic carbocycles. The molecule has 0 spiro atoms. The summed E-state index contributed by atoms with van der Waals surface area (Å²) in [4.78, 5) is 24.9. The number of pyridine rings is 1. The predicted octanol–water partition coefficient (Wildman–Crippen LogP) is 3.58. The van der Waals surface area contributed by atoms with Crippen LogP contribution in [0.4, 0.5) is 17.5 Å². The summed E-state index contributed by atoms with van der Waals surface area (Å²) >= 11 is 0. The third kappa shape index (κ3) is 4.39. The molecule has 0 saturated heterocycles. The number of fused-ring (bicyclic) bond motifs is 1. The van der Waals surface area contributed by atoms with E-state index >= 15 is 0 Å². The number of carbonyl (C=O) groups excluding carboxylic acids is 1. The lowest BCUT2D eigenvalue weighted by molar-refractivity contribution is -0.118. The fourth-order valence-corrected chi connectivity index (χ4v) is 3.90. The number of anilines is 3. The summed E-state index contributed by atoms with van der Waals surface area (Å²) in [5.74, 6) is 1.94. The lowest BCUT2D eigenvalue weighted by atomic mass is 9.98. The van der Waals surface area contributed by atoms with Gasteiger partial charge in [0.2, 0.25) is 11.9 Å². The first-order valence-electron chi connectivity index (χ1n) is 10.4. The first-order chi connectivity index (χ1) is 15.5. The maximum Gasteiger partial charge on any atom is 0.229 e. The van der Waals surface area contributed by atoms with Gasteiger partial charge in [0, 0.05) is 62.3 Å². The Hall–Kier alpha value is -3.94. The van der Waals surface area contributed by atoms with Gasteiger partial charge in [-0.2, -0.15) is 4.98 Å². The largest absolute Gasteiger partial charge is 0.496 e. The Morgan fingerprint density at radius 3 is 2.75 bits per heavy atom. The van der Waals surface area contributed by atoms with Crippen molar-refractivity contribution < 1.29 is 9.53 Å². The van der Waals surface area contributed by atoms with E-state index in [0.717, 1.165) is 50.8 Å². The molecule has 0 saturated carbocycles. The molecule has 0 bridgehead atoms. The van der Waals surface area contributed by atoms with Crippen LogP contribution in [0.15, 0.2) is 42.7 Å². The van der Waals surface area contributed by atoms with Crippen LogP contribution in [0.2, 0.25) is 0 Å². The fourth-order valence-electron chi connectivity index (χ4n) is 3.90. The highest BCUT2D eigenvalue weighted by Gasteiger charge is 2.25. The second kappa shape index (κ2) is 9.05. The maximum atomic E-state index is 11.6. The molecule has 4 rings (SSSR count). The smallest absolute Gasteiger partial charge is 0.229 e. The van der Waals surface area contributed by atoms with Crippen molar-refractivity contribution in [1.82, 2.24) is 20.3 Å². The number of amides is 1. The van der Waals surface area contributed by atoms with E-state index in [4.69, 9.17) is 4.74 Å². The van der Waals surface area contributed by atoms with Gasteiger partial charge < -0.3 is 20.7 Å². The highest BCUT2D eigenvalue weighted by atomic mass is 16.5. The molecule has 3 aromatic rings. The molecule has 0 unspecified atom stereocenters. The van der Waals surface area contributed by atoms with Gasteiger partial charge in [-0.25, -0.2) is 4.98 Å². The minimum absolute atomic E-state index is 0.0707. The van der Waals surface area contributed by atoms with Gasteiger partial charge in [0.05, 0.1) is 7.11 Å². The number of hydrogen-bond acceptors (Lipinski definition) is 7. The molecule has 8 heteroatoms. The standard InChI is InChI=1S/C24H26N6O2/c1-14-9-23(25-3)30-24(28-14)29-17-5-6-22(32-4)20(11-17)19-10-16-12-26-8-7-18(16)21(19)13-27-15(2)31/h5-9,11-12H,10,13H2,1-4H3,(H,27,31)(H2,25,28,29,30). The van der Waals surface area contributed by atoms with E-state index in [0.29, 0.717) is 18.9 Å². The van der Waals surface area contributed by atoms with Gasteiger partial charge in [-0.1, -0.05) is 0 Å². The molecule has 0 radical (unpaired) electrons. The summed E-state index contributed by atoms with van der Waals surface area (Å²) in [5, 5.41) is 9.29. The molecule has 0 aliphatic heterocycles. The van der Waals surface area contributed by atoms with Crippen molar-refractivity contribution in [2.45, 2.75) is 20.3 Å². The van der Waals surface area contributed by atoms with Gasteiger partial charge in [0.25, 0.3) is 0 Å². The van der Waals surface area contributed by atoms with E-state index in [1.807, 2.05) is 50.5 Å². The topological polar surface area (TPSA) is 101 Å². The zero-order valence-corrected chi connectivity index (χ0v) is 18.6. The number of rotatable bonds is 7. The quantitative estimate of drug-likeness (QED) is 0.527. The van der Waals surface area contributed by atoms with E-state index in [1.54, 1.807) is 13.3 Å². The second-order valence-electron chi connectivity index (χ2n) is 7.58. The molecule has 3 N–H and O–H groups in total. The molecule has 32 heavy (non-hydrogen) atoms. The normalized spacial score (nSPS) is 12.4. The summed E-state index contributed by atoms with van der Waals surface area (Å²) in [6.45, 7) is 3.89. The van der Waals surface area contributed by atoms with E-state index in [9.17, 15) is 4.79 Å². The van der Waals surface area contributed by atoms with Gasteiger partial charge in [0.15, 0.2) is 0 Å². The molecule has 8 nitrogen and oxygen atoms in total. The van der Waals surface area contributed by atoms with E-state index in [2.05, 4.69) is 30.9 Å². The maximum absolute atomic E-state index is 11.6. The number of aryl methyl sites for hydroxylation is 1. The number of carbonyl (C=O) groups is 1. The molecule has 2 aromatic heterocycles. The van der Waals surface area contributed by atoms with Crippen LogP contribution in [0.3, 0.4) is 0 Å². The summed E-state index contributed by atoms with van der Waals surface area (Å²) in [6.07, 6.45) is 4.37. The van der Waals surface area contributed by atoms with Crippen LogP contribution in [-0.2, 0) is 11.2 Å². The minimum Gasteiger partial charge on any atom is -0.496 e. The minimum atomic E-state index is -0.0707. The SMILES string of the molecule is CNc1cc(C)nc(Nc2ccc(OC)c(C3=C(CNC(C)=O)c4ccncc4C3)c2)n1. The van der Waals surface area contributed by atoms with Crippen molar-refractivity contribution >= 4 is 34.5 Å². The monoisotopic (exact) mass is 430 g/mol. The van der Waals surface area contributed by atoms with Crippen LogP contribution in [0.1, 0.15) is 29.3 Å². The number of nitrogens with zero attached hydrogens (tertiary/aromatic N) is 3. The molecule has 0 atom stereocenters. The van der Waals surface area contributed by atoms with E-state index in [1.165, 1.54) is 6.92 Å². The van der Waals surface area contributed by atoms with Crippen molar-refractivity contribution in [2.75, 3.05) is 31.3 Å². The Labute approximate surface area is 187 Å². The third-order valence-electron chi connectivity index (χ3n) is 5.37. The second-order valence-corrected chi connectivity index (χ2v) is 7.58. The van der Waals surface area contributed by atoms with Gasteiger partial charge in [-0.05, 0) is 53.5 Å². The van der Waals surface area contributed by atoms with Gasteiger partial charge in [0.1, 0.15) is 11.6 Å². The summed E-state index contributed by atoms with van der Waals surface area (Å²) in [7, 11) is 3.49. The Bertz CT molecular complexity index is 1200. The number of benzene rings is 1. The number of ether oxygens (including phenoxy) is 1. The fraction of sp³-hybridized carbons (Fsp3) is 0.250. The van der Waals surface area contributed by atoms with Gasteiger partial charge >= 0.3 is 0 Å². The number of aromatic nitrogens is 3. The molecule has 1 aliphatic carbocycles. The average Bonchev–Trinajstić information content (AvgIpc) is 3.15. The first kappa shape index (κ1) is 21.3. The van der Waals surface area contributed by atoms with E-state index < -0.39 is 0 Å². The Morgan fingerprint density at radius 2 is 2.00 bits per heavy atom. The lowest BCUT2D eigenvalue weighted by Gasteiger charge is -2.15. The Kier molecular flexibility index (Phi) is 6.02. The van der Waals surface area contributed by atoms with Crippen LogP contribution in [0, 0.1) is 6.92 Å². The number of hydrogen-bond donors (Lipinski definition) is 3. The Morgan fingerprint density at radius 1 is 1.16 bits per heavy atom. The zero-order valence-electron chi connectivity index (χ0n) is 18.6. The van der Waals surface area contributed by atoms with Crippen molar-refractivity contribution in [3.8, 4) is 5.75 Å². The average molecular weight is 431 g/mol. The van der Waals surface area contributed by atoms with Crippen molar-refractivity contribution in [3.05, 3.63) is 65.1 Å². The summed E-state index contributed by atoms with van der Waals surface area (Å²) in [5.41, 5.74) is 7.05. The molecule has 2 heterocycles. The Balaban J connectivity index is 1.76. The molecular formula is C24H26N6O2. The van der Waals surface area contributed by atoms with Crippen LogP contribution in [-0.4, -0.2) is 41.6 Å². The van der Waals surface area contributed by atoms with Crippen LogP contribution in [0.25, 0.3) is 11.1 Å². The number of methoxy groups -OCH3 is 1. The summed E-state index contributed by atoms with van der Waals surface area (Å²) < 4.78 is 5.69. The van der Waals surface area contributed by atoms with Crippen molar-refractivity contribution in [2.24, 2.45) is 0 Å². The molecule has 164 valence electrons. The summed E-state index contributed by atoms with van der Waals surface area (Å²) in [6, 6.07) is 9.77. The first-order valence-corrected chi connectivity index (χ1v) is 10.4. The van der Waals surface area contributed by atoms with Crippen molar-refractivity contribution in [3.63, 3.8) is 0 Å². The highest BCUT2D eigenvalue weighted by Crippen LogP contribution is 2.42. The molecule has 0 fully saturated rings. The molecule has 1 amide bonds. The highest BCUT2D eigenvalue weighted by molar-refractivity contribution is 6.00. The van der Waals surface area contributed by atoms with Gasteiger partial charge in [-0.3, -0.25) is 9.78 Å². The predicted molar refractivity (Wildman–Crippen MR) is 126 cm³/mol. The van der Waals surface area contributed by atoms with Gasteiger partial charge in [-0.15, -0.1) is 0 Å². The van der Waals surface area contributed by atoms with Crippen molar-refractivity contribution in [1.29, 1.82) is 0 Å². The van der Waals surface area contributed by atoms with E-state index in [-0.39, 0.29) is 5.91 Å². The number of nitrogens with one attached hydrogen (secondary N) is 3. The van der Waals surface area contributed by atoms with Crippen LogP contribution < -0.4 is 20.7 Å². The zero-order chi connectivity index (χ0) is 22.7. The molecule has 1 aliphatic rings. The third-order valence-corrected chi connectivity index (χ3v) is 5.37. The molecular weight excluding hydrogens is 404 g/mol.